The van der Waals surface area contributed by atoms with Crippen molar-refractivity contribution >= 4 is 35.0 Å². The Hall–Kier alpha value is -3.64. The van der Waals surface area contributed by atoms with Crippen molar-refractivity contribution in [2.75, 3.05) is 24.6 Å². The lowest BCUT2D eigenvalue weighted by Crippen LogP contribution is -2.34. The summed E-state index contributed by atoms with van der Waals surface area (Å²) in [6.45, 7) is 3.49. The van der Waals surface area contributed by atoms with E-state index in [2.05, 4.69) is 6.92 Å². The quantitative estimate of drug-likeness (QED) is 0.229. The van der Waals surface area contributed by atoms with Crippen molar-refractivity contribution in [3.8, 4) is 5.75 Å². The maximum atomic E-state index is 13.4. The molecule has 36 heavy (non-hydrogen) atoms. The number of unbranched alkanes of at least 4 members (excludes halogenated alkanes) is 2. The Morgan fingerprint density at radius 1 is 0.861 bits per heavy atom. The number of ether oxygens (including phenoxy) is 1. The van der Waals surface area contributed by atoms with Crippen LogP contribution in [0, 0.1) is 0 Å². The summed E-state index contributed by atoms with van der Waals surface area (Å²) in [7, 11) is 0. The number of anilines is 1. The van der Waals surface area contributed by atoms with Crippen molar-refractivity contribution < 1.29 is 19.1 Å². The molecule has 1 aliphatic heterocycles. The molecule has 6 nitrogen and oxygen atoms in total. The first-order valence-electron chi connectivity index (χ1n) is 12.2. The molecule has 0 bridgehead atoms. The minimum absolute atomic E-state index is 0.141. The van der Waals surface area contributed by atoms with E-state index in [1.165, 1.54) is 4.90 Å². The van der Waals surface area contributed by atoms with Crippen LogP contribution >= 0.6 is 11.6 Å². The zero-order valence-corrected chi connectivity index (χ0v) is 21.0. The Morgan fingerprint density at radius 2 is 1.50 bits per heavy atom. The summed E-state index contributed by atoms with van der Waals surface area (Å²) in [5.41, 5.74) is 2.17. The zero-order valence-electron chi connectivity index (χ0n) is 20.3. The summed E-state index contributed by atoms with van der Waals surface area (Å²) in [6.07, 6.45) is 3.22. The average molecular weight is 505 g/mol. The summed E-state index contributed by atoms with van der Waals surface area (Å²) in [5.74, 6) is 0.0714. The highest BCUT2D eigenvalue weighted by molar-refractivity contribution is 6.30. The molecule has 7 heteroatoms. The van der Waals surface area contributed by atoms with E-state index in [1.54, 1.807) is 53.4 Å². The predicted molar refractivity (Wildman–Crippen MR) is 141 cm³/mol. The zero-order chi connectivity index (χ0) is 25.5. The van der Waals surface area contributed by atoms with E-state index in [-0.39, 0.29) is 17.7 Å². The fourth-order valence-electron chi connectivity index (χ4n) is 4.13. The molecule has 0 unspecified atom stereocenters. The number of halogens is 1. The highest BCUT2D eigenvalue weighted by Crippen LogP contribution is 2.24. The maximum Gasteiger partial charge on any atom is 0.261 e. The lowest BCUT2D eigenvalue weighted by atomic mass is 10.1. The summed E-state index contributed by atoms with van der Waals surface area (Å²) in [4.78, 5) is 41.6. The largest absolute Gasteiger partial charge is 0.494 e. The van der Waals surface area contributed by atoms with Gasteiger partial charge in [0.1, 0.15) is 5.75 Å². The standard InChI is InChI=1S/C29H29ClN2O4/c1-2-3-20-36-24-16-10-21(11-17-24)27(33)31(23-14-12-22(30)13-15-23)18-6-7-19-32-28(34)25-8-4-5-9-26(25)29(32)35/h4-5,8-17H,2-3,6-7,18-20H2,1H3. The Morgan fingerprint density at radius 3 is 2.11 bits per heavy atom. The van der Waals surface area contributed by atoms with E-state index >= 15 is 0 Å². The molecule has 3 aromatic rings. The summed E-state index contributed by atoms with van der Waals surface area (Å²) < 4.78 is 5.71. The van der Waals surface area contributed by atoms with Crippen LogP contribution in [-0.2, 0) is 0 Å². The van der Waals surface area contributed by atoms with Gasteiger partial charge in [-0.25, -0.2) is 0 Å². The molecule has 0 aromatic heterocycles. The lowest BCUT2D eigenvalue weighted by Gasteiger charge is -2.24. The number of carbonyl (C=O) groups is 3. The normalized spacial score (nSPS) is 12.6. The molecule has 0 spiro atoms. The predicted octanol–water partition coefficient (Wildman–Crippen LogP) is 6.24. The first-order valence-corrected chi connectivity index (χ1v) is 12.6. The Kier molecular flexibility index (Phi) is 8.39. The van der Waals surface area contributed by atoms with Crippen molar-refractivity contribution in [2.45, 2.75) is 32.6 Å². The fraction of sp³-hybridized carbons (Fsp3) is 0.276. The van der Waals surface area contributed by atoms with Crippen LogP contribution in [0.2, 0.25) is 5.02 Å². The van der Waals surface area contributed by atoms with E-state index in [1.807, 2.05) is 24.3 Å². The molecule has 0 saturated heterocycles. The van der Waals surface area contributed by atoms with Gasteiger partial charge in [0.25, 0.3) is 17.7 Å². The average Bonchev–Trinajstić information content (AvgIpc) is 3.14. The van der Waals surface area contributed by atoms with Gasteiger partial charge in [-0.05, 0) is 79.9 Å². The van der Waals surface area contributed by atoms with Gasteiger partial charge in [0, 0.05) is 29.4 Å². The Bertz CT molecular complexity index is 1190. The minimum Gasteiger partial charge on any atom is -0.494 e. The van der Waals surface area contributed by atoms with E-state index < -0.39 is 0 Å². The number of imide groups is 1. The Balaban J connectivity index is 1.41. The highest BCUT2D eigenvalue weighted by Gasteiger charge is 2.34. The number of amides is 3. The second-order valence-electron chi connectivity index (χ2n) is 8.67. The number of rotatable bonds is 11. The minimum atomic E-state index is -0.262. The molecular formula is C29H29ClN2O4. The van der Waals surface area contributed by atoms with Crippen molar-refractivity contribution in [3.05, 3.63) is 94.5 Å². The molecule has 0 radical (unpaired) electrons. The first-order chi connectivity index (χ1) is 17.5. The molecule has 3 amide bonds. The number of hydrogen-bond acceptors (Lipinski definition) is 4. The Labute approximate surface area is 216 Å². The molecule has 4 rings (SSSR count). The van der Waals surface area contributed by atoms with Gasteiger partial charge in [-0.3, -0.25) is 19.3 Å². The van der Waals surface area contributed by atoms with Gasteiger partial charge < -0.3 is 9.64 Å². The van der Waals surface area contributed by atoms with Gasteiger partial charge in [0.15, 0.2) is 0 Å². The van der Waals surface area contributed by atoms with E-state index in [0.29, 0.717) is 54.3 Å². The van der Waals surface area contributed by atoms with Gasteiger partial charge in [0.05, 0.1) is 17.7 Å². The van der Waals surface area contributed by atoms with Crippen molar-refractivity contribution in [2.24, 2.45) is 0 Å². The van der Waals surface area contributed by atoms with Crippen LogP contribution in [0.3, 0.4) is 0 Å². The molecule has 1 aliphatic rings. The molecule has 0 atom stereocenters. The number of hydrogen-bond donors (Lipinski definition) is 0. The SMILES string of the molecule is CCCCOc1ccc(C(=O)N(CCCCN2C(=O)c3ccccc3C2=O)c2ccc(Cl)cc2)cc1. The van der Waals surface area contributed by atoms with E-state index in [4.69, 9.17) is 16.3 Å². The number of benzene rings is 3. The third-order valence-electron chi connectivity index (χ3n) is 6.14. The number of nitrogens with zero attached hydrogens (tertiary/aromatic N) is 2. The molecule has 0 saturated carbocycles. The van der Waals surface area contributed by atoms with Crippen LogP contribution in [0.1, 0.15) is 63.7 Å². The van der Waals surface area contributed by atoms with Crippen LogP contribution in [0.15, 0.2) is 72.8 Å². The molecule has 3 aromatic carbocycles. The van der Waals surface area contributed by atoms with Crippen LogP contribution in [0.4, 0.5) is 5.69 Å². The van der Waals surface area contributed by atoms with Gasteiger partial charge in [0.2, 0.25) is 0 Å². The highest BCUT2D eigenvalue weighted by atomic mass is 35.5. The van der Waals surface area contributed by atoms with Gasteiger partial charge in [-0.2, -0.15) is 0 Å². The first kappa shape index (κ1) is 25.5. The van der Waals surface area contributed by atoms with Gasteiger partial charge in [-0.15, -0.1) is 0 Å². The van der Waals surface area contributed by atoms with Crippen LogP contribution in [0.5, 0.6) is 5.75 Å². The topological polar surface area (TPSA) is 66.9 Å². The molecule has 0 aliphatic carbocycles. The molecule has 186 valence electrons. The van der Waals surface area contributed by atoms with Crippen LogP contribution < -0.4 is 9.64 Å². The molecule has 1 heterocycles. The maximum absolute atomic E-state index is 13.4. The van der Waals surface area contributed by atoms with Crippen molar-refractivity contribution in [1.29, 1.82) is 0 Å². The summed E-state index contributed by atoms with van der Waals surface area (Å²) in [5, 5.41) is 0.588. The third kappa shape index (κ3) is 5.77. The number of fused-ring (bicyclic) bond motifs is 1. The van der Waals surface area contributed by atoms with E-state index in [0.717, 1.165) is 24.3 Å². The second-order valence-corrected chi connectivity index (χ2v) is 9.11. The van der Waals surface area contributed by atoms with Gasteiger partial charge >= 0.3 is 0 Å². The number of carbonyl (C=O) groups excluding carboxylic acids is 3. The molecule has 0 fully saturated rings. The second kappa shape index (κ2) is 11.9. The fourth-order valence-corrected chi connectivity index (χ4v) is 4.26. The monoisotopic (exact) mass is 504 g/mol. The summed E-state index contributed by atoms with van der Waals surface area (Å²) >= 11 is 6.06. The van der Waals surface area contributed by atoms with Crippen molar-refractivity contribution in [1.82, 2.24) is 4.90 Å². The third-order valence-corrected chi connectivity index (χ3v) is 6.39. The lowest BCUT2D eigenvalue weighted by molar-refractivity contribution is 0.0651. The molecular weight excluding hydrogens is 476 g/mol. The van der Waals surface area contributed by atoms with Crippen LogP contribution in [0.25, 0.3) is 0 Å². The van der Waals surface area contributed by atoms with Gasteiger partial charge in [-0.1, -0.05) is 37.1 Å². The van der Waals surface area contributed by atoms with E-state index in [9.17, 15) is 14.4 Å². The molecule has 0 N–H and O–H groups in total. The smallest absolute Gasteiger partial charge is 0.261 e. The van der Waals surface area contributed by atoms with Crippen LogP contribution in [-0.4, -0.2) is 42.3 Å². The summed E-state index contributed by atoms with van der Waals surface area (Å²) in [6, 6.07) is 21.2. The van der Waals surface area contributed by atoms with Crippen molar-refractivity contribution in [3.63, 3.8) is 0 Å².